The van der Waals surface area contributed by atoms with Crippen LogP contribution in [0.25, 0.3) is 11.6 Å². The highest BCUT2D eigenvalue weighted by molar-refractivity contribution is 7.93. The molecule has 0 N–H and O–H groups in total. The minimum absolute atomic E-state index is 0.0658. The molecule has 4 aromatic rings. The van der Waals surface area contributed by atoms with Gasteiger partial charge in [0.25, 0.3) is 0 Å². The first kappa shape index (κ1) is 26.8. The molecule has 2 aromatic heterocycles. The number of fused-ring (bicyclic) bond motifs is 1. The van der Waals surface area contributed by atoms with Crippen molar-refractivity contribution in [2.24, 2.45) is 0 Å². The fourth-order valence-corrected chi connectivity index (χ4v) is 5.23. The molecule has 0 aliphatic rings. The lowest BCUT2D eigenvalue weighted by Crippen LogP contribution is -2.36. The Hall–Kier alpha value is -4.26. The van der Waals surface area contributed by atoms with Crippen molar-refractivity contribution in [2.75, 3.05) is 23.2 Å². The number of aromatic nitrogens is 1. The third-order valence-corrected chi connectivity index (χ3v) is 7.40. The minimum atomic E-state index is -4.12. The maximum absolute atomic E-state index is 13.2. The van der Waals surface area contributed by atoms with Gasteiger partial charge in [0, 0.05) is 24.0 Å². The number of anilines is 1. The van der Waals surface area contributed by atoms with E-state index in [4.69, 9.17) is 26.3 Å². The number of nitrogens with zero attached hydrogens (tertiary/aromatic N) is 3. The molecule has 8 nitrogen and oxygen atoms in total. The monoisotopic (exact) mass is 549 g/mol. The van der Waals surface area contributed by atoms with Gasteiger partial charge in [0.15, 0.2) is 5.75 Å². The van der Waals surface area contributed by atoms with Crippen molar-refractivity contribution in [3.05, 3.63) is 101 Å². The van der Waals surface area contributed by atoms with E-state index in [1.807, 2.05) is 35.0 Å². The van der Waals surface area contributed by atoms with Crippen LogP contribution in [-0.2, 0) is 19.6 Å². The highest BCUT2D eigenvalue weighted by Crippen LogP contribution is 2.34. The number of nitriles is 1. The first-order chi connectivity index (χ1) is 18.3. The molecule has 0 aliphatic heterocycles. The lowest BCUT2D eigenvalue weighted by molar-refractivity contribution is -0.139. The van der Waals surface area contributed by atoms with Crippen LogP contribution in [0.5, 0.6) is 11.5 Å². The molecule has 38 heavy (non-hydrogen) atoms. The molecule has 0 radical (unpaired) electrons. The summed E-state index contributed by atoms with van der Waals surface area (Å²) in [5.41, 5.74) is 2.41. The molecule has 0 fully saturated rings. The summed E-state index contributed by atoms with van der Waals surface area (Å²) < 4.78 is 40.2. The molecule has 0 saturated carbocycles. The zero-order valence-corrected chi connectivity index (χ0v) is 22.0. The molecule has 2 heterocycles. The van der Waals surface area contributed by atoms with E-state index < -0.39 is 21.7 Å². The highest BCUT2D eigenvalue weighted by atomic mass is 35.5. The van der Waals surface area contributed by atoms with Gasteiger partial charge in [0.2, 0.25) is 10.0 Å². The van der Waals surface area contributed by atoms with Gasteiger partial charge < -0.3 is 13.9 Å². The molecule has 2 aromatic carbocycles. The van der Waals surface area contributed by atoms with Crippen LogP contribution in [0.15, 0.2) is 85.2 Å². The van der Waals surface area contributed by atoms with E-state index in [0.717, 1.165) is 15.4 Å². The van der Waals surface area contributed by atoms with E-state index in [9.17, 15) is 13.2 Å². The molecule has 0 aliphatic carbocycles. The van der Waals surface area contributed by atoms with Gasteiger partial charge in [-0.05, 0) is 61.0 Å². The number of carbonyl (C=O) groups is 1. The summed E-state index contributed by atoms with van der Waals surface area (Å²) >= 11 is 6.50. The van der Waals surface area contributed by atoms with Gasteiger partial charge in [-0.2, -0.15) is 5.26 Å². The van der Waals surface area contributed by atoms with Crippen molar-refractivity contribution in [1.82, 2.24) is 4.40 Å². The van der Waals surface area contributed by atoms with E-state index in [1.54, 1.807) is 61.5 Å². The summed E-state index contributed by atoms with van der Waals surface area (Å²) in [6.45, 7) is 1.59. The molecule has 0 bridgehead atoms. The Balaban J connectivity index is 1.61. The second-order valence-corrected chi connectivity index (χ2v) is 10.5. The predicted molar refractivity (Wildman–Crippen MR) is 147 cm³/mol. The first-order valence-corrected chi connectivity index (χ1v) is 13.6. The molecule has 0 saturated heterocycles. The van der Waals surface area contributed by atoms with E-state index in [2.05, 4.69) is 6.07 Å². The number of rotatable bonds is 10. The predicted octanol–water partition coefficient (Wildman–Crippen LogP) is 5.67. The van der Waals surface area contributed by atoms with Crippen LogP contribution in [0.2, 0.25) is 5.02 Å². The van der Waals surface area contributed by atoms with Gasteiger partial charge in [0.1, 0.15) is 11.5 Å². The molecule has 0 spiro atoms. The summed E-state index contributed by atoms with van der Waals surface area (Å²) in [4.78, 5) is 12.0. The number of hydrogen-bond donors (Lipinski definition) is 0. The molecule has 0 unspecified atom stereocenters. The van der Waals surface area contributed by atoms with Crippen molar-refractivity contribution >= 4 is 44.9 Å². The Kier molecular flexibility index (Phi) is 8.36. The fourth-order valence-electron chi connectivity index (χ4n) is 3.74. The van der Waals surface area contributed by atoms with E-state index in [0.29, 0.717) is 17.1 Å². The van der Waals surface area contributed by atoms with Gasteiger partial charge in [-0.3, -0.25) is 9.10 Å². The average Bonchev–Trinajstić information content (AvgIpc) is 3.36. The highest BCUT2D eigenvalue weighted by Gasteiger charge is 2.26. The lowest BCUT2D eigenvalue weighted by atomic mass is 10.1. The number of carbonyl (C=O) groups excluding carboxylic acids is 1. The Bertz CT molecular complexity index is 1640. The van der Waals surface area contributed by atoms with Crippen molar-refractivity contribution in [3.8, 4) is 17.6 Å². The minimum Gasteiger partial charge on any atom is -0.465 e. The smallest absolute Gasteiger partial charge is 0.323 e. The summed E-state index contributed by atoms with van der Waals surface area (Å²) in [5.74, 6) is -0.765. The first-order valence-electron chi connectivity index (χ1n) is 11.7. The zero-order chi connectivity index (χ0) is 27.1. The number of sulfonamides is 1. The van der Waals surface area contributed by atoms with E-state index in [-0.39, 0.29) is 23.9 Å². The Labute approximate surface area is 225 Å². The molecule has 0 amide bonds. The van der Waals surface area contributed by atoms with Crippen molar-refractivity contribution in [2.45, 2.75) is 6.92 Å². The quantitative estimate of drug-likeness (QED) is 0.236. The third kappa shape index (κ3) is 6.54. The number of benzene rings is 2. The van der Waals surface area contributed by atoms with Crippen molar-refractivity contribution in [1.29, 1.82) is 5.26 Å². The number of hydrogen-bond acceptors (Lipinski definition) is 6. The number of halogens is 1. The Morgan fingerprint density at radius 1 is 1.11 bits per heavy atom. The summed E-state index contributed by atoms with van der Waals surface area (Å²) in [6, 6.07) is 21.1. The van der Waals surface area contributed by atoms with Gasteiger partial charge in [0.05, 0.1) is 35.5 Å². The van der Waals surface area contributed by atoms with Crippen molar-refractivity contribution < 1.29 is 22.7 Å². The maximum Gasteiger partial charge on any atom is 0.323 e. The summed E-state index contributed by atoms with van der Waals surface area (Å²) in [6.07, 6.45) is 7.10. The average molecular weight is 550 g/mol. The van der Waals surface area contributed by atoms with Crippen LogP contribution in [-0.4, -0.2) is 37.7 Å². The zero-order valence-electron chi connectivity index (χ0n) is 20.5. The van der Waals surface area contributed by atoms with Gasteiger partial charge in [-0.25, -0.2) is 8.42 Å². The van der Waals surface area contributed by atoms with Crippen LogP contribution in [0, 0.1) is 11.3 Å². The Morgan fingerprint density at radius 2 is 1.95 bits per heavy atom. The van der Waals surface area contributed by atoms with Crippen LogP contribution in [0.3, 0.4) is 0 Å². The standard InChI is InChI=1S/C28H24ClN3O5S/c1-2-36-28(33)20-38(34,35)32(14-4-8-21-6-3-7-22(16-21)19-30)24-10-11-27(26(29)18-24)37-25-12-15-31-13-5-9-23(31)17-25/h3-13,15-18H,2,14,20H2,1H3/b8-4+. The van der Waals surface area contributed by atoms with E-state index >= 15 is 0 Å². The molecular weight excluding hydrogens is 526 g/mol. The number of pyridine rings is 1. The Morgan fingerprint density at radius 3 is 2.71 bits per heavy atom. The SMILES string of the molecule is CCOC(=O)CS(=O)(=O)N(C/C=C/c1cccc(C#N)c1)c1ccc(Oc2ccn3cccc3c2)c(Cl)c1. The second-order valence-electron chi connectivity index (χ2n) is 8.15. The maximum atomic E-state index is 13.2. The van der Waals surface area contributed by atoms with Gasteiger partial charge in [-0.1, -0.05) is 35.9 Å². The van der Waals surface area contributed by atoms with Gasteiger partial charge in [-0.15, -0.1) is 0 Å². The molecule has 194 valence electrons. The van der Waals surface area contributed by atoms with Crippen LogP contribution < -0.4 is 9.04 Å². The van der Waals surface area contributed by atoms with Crippen molar-refractivity contribution in [3.63, 3.8) is 0 Å². The topological polar surface area (TPSA) is 101 Å². The molecule has 0 atom stereocenters. The number of ether oxygens (including phenoxy) is 2. The van der Waals surface area contributed by atoms with Crippen LogP contribution in [0.4, 0.5) is 5.69 Å². The lowest BCUT2D eigenvalue weighted by Gasteiger charge is -2.23. The summed E-state index contributed by atoms with van der Waals surface area (Å²) in [7, 11) is -4.12. The molecular formula is C28H24ClN3O5S. The second kappa shape index (κ2) is 11.9. The van der Waals surface area contributed by atoms with Crippen LogP contribution in [0.1, 0.15) is 18.1 Å². The van der Waals surface area contributed by atoms with E-state index in [1.165, 1.54) is 6.07 Å². The normalized spacial score (nSPS) is 11.4. The van der Waals surface area contributed by atoms with Gasteiger partial charge >= 0.3 is 5.97 Å². The third-order valence-electron chi connectivity index (χ3n) is 5.47. The van der Waals surface area contributed by atoms with Crippen LogP contribution >= 0.6 is 11.6 Å². The molecule has 4 rings (SSSR count). The number of esters is 1. The molecule has 10 heteroatoms. The largest absolute Gasteiger partial charge is 0.465 e. The fraction of sp³-hybridized carbons (Fsp3) is 0.143. The summed E-state index contributed by atoms with van der Waals surface area (Å²) in [5, 5.41) is 9.30.